The maximum Gasteiger partial charge on any atom is 0.253 e. The van der Waals surface area contributed by atoms with Crippen LogP contribution < -0.4 is 5.32 Å². The Balaban J connectivity index is 1.20. The third-order valence-corrected chi connectivity index (χ3v) is 6.95. The van der Waals surface area contributed by atoms with Crippen LogP contribution >= 0.6 is 0 Å². The van der Waals surface area contributed by atoms with E-state index in [1.807, 2.05) is 18.2 Å². The molecule has 4 heteroatoms. The summed E-state index contributed by atoms with van der Waals surface area (Å²) in [5, 5.41) is 3.46. The van der Waals surface area contributed by atoms with Gasteiger partial charge in [-0.3, -0.25) is 9.79 Å². The van der Waals surface area contributed by atoms with Crippen LogP contribution in [0.25, 0.3) is 0 Å². The third-order valence-electron chi connectivity index (χ3n) is 6.95. The molecule has 2 aromatic carbocycles. The number of carbonyl (C=O) groups is 1. The van der Waals surface area contributed by atoms with Crippen LogP contribution in [0.4, 0.5) is 5.69 Å². The molecule has 2 aromatic rings. The van der Waals surface area contributed by atoms with Gasteiger partial charge in [0.1, 0.15) is 0 Å². The average Bonchev–Trinajstić information content (AvgIpc) is 3.24. The number of aliphatic imine (C=N–C) groups is 1. The van der Waals surface area contributed by atoms with Crippen LogP contribution in [0.1, 0.15) is 47.2 Å². The Morgan fingerprint density at radius 2 is 1.59 bits per heavy atom. The number of fused-ring (bicyclic) bond motifs is 1. The first-order chi connectivity index (χ1) is 14.3. The van der Waals surface area contributed by atoms with Crippen molar-refractivity contribution in [2.45, 2.75) is 32.1 Å². The number of likely N-dealkylation sites (tertiary alicyclic amines) is 1. The molecule has 0 unspecified atom stereocenters. The van der Waals surface area contributed by atoms with E-state index >= 15 is 0 Å². The van der Waals surface area contributed by atoms with Gasteiger partial charge in [-0.05, 0) is 79.9 Å². The summed E-state index contributed by atoms with van der Waals surface area (Å²) >= 11 is 0. The van der Waals surface area contributed by atoms with Crippen LogP contribution in [0.5, 0.6) is 0 Å². The molecule has 0 bridgehead atoms. The number of benzene rings is 2. The first kappa shape index (κ1) is 18.6. The van der Waals surface area contributed by atoms with E-state index in [1.165, 1.54) is 18.4 Å². The molecule has 150 valence electrons. The number of nitrogens with zero attached hydrogens (tertiary/aromatic N) is 2. The highest BCUT2D eigenvalue weighted by Gasteiger charge is 2.29. The Morgan fingerprint density at radius 1 is 0.897 bits per heavy atom. The number of nitrogens with one attached hydrogen (secondary N) is 1. The molecule has 3 heterocycles. The van der Waals surface area contributed by atoms with Gasteiger partial charge >= 0.3 is 0 Å². The SMILES string of the molecule is O=C(c1ccc(C2=Nc3ccccc3C2)cc1)N1CCC(C2CCNCC2)CC1. The highest BCUT2D eigenvalue weighted by Crippen LogP contribution is 2.31. The number of amides is 1. The maximum absolute atomic E-state index is 13.0. The first-order valence-corrected chi connectivity index (χ1v) is 11.0. The number of carbonyl (C=O) groups excluding carboxylic acids is 1. The second-order valence-corrected chi connectivity index (χ2v) is 8.66. The van der Waals surface area contributed by atoms with E-state index in [-0.39, 0.29) is 5.91 Å². The van der Waals surface area contributed by atoms with E-state index in [2.05, 4.69) is 40.5 Å². The quantitative estimate of drug-likeness (QED) is 0.857. The molecule has 1 N–H and O–H groups in total. The van der Waals surface area contributed by atoms with Crippen molar-refractivity contribution in [1.29, 1.82) is 0 Å². The molecule has 5 rings (SSSR count). The van der Waals surface area contributed by atoms with Gasteiger partial charge in [0, 0.05) is 25.1 Å². The zero-order chi connectivity index (χ0) is 19.6. The Kier molecular flexibility index (Phi) is 5.19. The average molecular weight is 388 g/mol. The van der Waals surface area contributed by atoms with E-state index in [1.54, 1.807) is 0 Å². The molecule has 0 saturated carbocycles. The molecule has 2 saturated heterocycles. The summed E-state index contributed by atoms with van der Waals surface area (Å²) in [4.78, 5) is 19.8. The molecule has 3 aliphatic heterocycles. The lowest BCUT2D eigenvalue weighted by atomic mass is 9.79. The van der Waals surface area contributed by atoms with Crippen LogP contribution in [0.2, 0.25) is 0 Å². The van der Waals surface area contributed by atoms with Crippen molar-refractivity contribution >= 4 is 17.3 Å². The number of hydrogen-bond donors (Lipinski definition) is 1. The van der Waals surface area contributed by atoms with Gasteiger partial charge in [0.15, 0.2) is 0 Å². The van der Waals surface area contributed by atoms with Crippen LogP contribution in [-0.2, 0) is 6.42 Å². The minimum Gasteiger partial charge on any atom is -0.339 e. The largest absolute Gasteiger partial charge is 0.339 e. The number of hydrogen-bond acceptors (Lipinski definition) is 3. The van der Waals surface area contributed by atoms with Gasteiger partial charge in [0.25, 0.3) is 5.91 Å². The minimum absolute atomic E-state index is 0.178. The fourth-order valence-electron chi connectivity index (χ4n) is 5.18. The first-order valence-electron chi connectivity index (χ1n) is 11.0. The number of para-hydroxylation sites is 1. The van der Waals surface area contributed by atoms with E-state index < -0.39 is 0 Å². The van der Waals surface area contributed by atoms with Crippen LogP contribution in [-0.4, -0.2) is 42.7 Å². The van der Waals surface area contributed by atoms with E-state index in [9.17, 15) is 4.79 Å². The summed E-state index contributed by atoms with van der Waals surface area (Å²) in [6, 6.07) is 16.4. The van der Waals surface area contributed by atoms with E-state index in [0.717, 1.165) is 79.8 Å². The smallest absolute Gasteiger partial charge is 0.253 e. The van der Waals surface area contributed by atoms with Crippen molar-refractivity contribution in [2.24, 2.45) is 16.8 Å². The zero-order valence-electron chi connectivity index (χ0n) is 16.9. The molecule has 0 aliphatic carbocycles. The Bertz CT molecular complexity index is 904. The maximum atomic E-state index is 13.0. The predicted octanol–water partition coefficient (Wildman–Crippen LogP) is 4.22. The Hall–Kier alpha value is -2.46. The van der Waals surface area contributed by atoms with E-state index in [4.69, 9.17) is 4.99 Å². The highest BCUT2D eigenvalue weighted by molar-refractivity contribution is 6.07. The van der Waals surface area contributed by atoms with Gasteiger partial charge in [-0.2, -0.15) is 0 Å². The van der Waals surface area contributed by atoms with Gasteiger partial charge in [-0.25, -0.2) is 0 Å². The molecule has 4 nitrogen and oxygen atoms in total. The molecular formula is C25H29N3O. The van der Waals surface area contributed by atoms with Crippen molar-refractivity contribution in [3.63, 3.8) is 0 Å². The third kappa shape index (κ3) is 3.86. The molecule has 3 aliphatic rings. The van der Waals surface area contributed by atoms with Crippen molar-refractivity contribution < 1.29 is 4.79 Å². The van der Waals surface area contributed by atoms with Crippen LogP contribution in [0.3, 0.4) is 0 Å². The fourth-order valence-corrected chi connectivity index (χ4v) is 5.18. The van der Waals surface area contributed by atoms with Gasteiger partial charge in [-0.15, -0.1) is 0 Å². The normalized spacial score (nSPS) is 20.4. The molecule has 29 heavy (non-hydrogen) atoms. The van der Waals surface area contributed by atoms with Gasteiger partial charge in [-0.1, -0.05) is 30.3 Å². The van der Waals surface area contributed by atoms with E-state index in [0.29, 0.717) is 0 Å². The summed E-state index contributed by atoms with van der Waals surface area (Å²) in [5.74, 6) is 1.83. The van der Waals surface area contributed by atoms with Crippen molar-refractivity contribution in [2.75, 3.05) is 26.2 Å². The van der Waals surface area contributed by atoms with Gasteiger partial charge < -0.3 is 10.2 Å². The fraction of sp³-hybridized carbons (Fsp3) is 0.440. The highest BCUT2D eigenvalue weighted by atomic mass is 16.2. The Labute approximate surface area is 173 Å². The van der Waals surface area contributed by atoms with Crippen LogP contribution in [0, 0.1) is 11.8 Å². The minimum atomic E-state index is 0.178. The second-order valence-electron chi connectivity index (χ2n) is 8.66. The van der Waals surface area contributed by atoms with Gasteiger partial charge in [0.05, 0.1) is 11.4 Å². The second kappa shape index (κ2) is 8.11. The predicted molar refractivity (Wildman–Crippen MR) is 117 cm³/mol. The van der Waals surface area contributed by atoms with Crippen molar-refractivity contribution in [3.05, 3.63) is 65.2 Å². The number of rotatable bonds is 3. The van der Waals surface area contributed by atoms with Crippen LogP contribution in [0.15, 0.2) is 53.5 Å². The molecule has 0 radical (unpaired) electrons. The topological polar surface area (TPSA) is 44.7 Å². The molecule has 1 amide bonds. The lowest BCUT2D eigenvalue weighted by Gasteiger charge is -2.37. The standard InChI is InChI=1S/C25H29N3O/c29-25(28-15-11-19(12-16-28)18-9-13-26-14-10-18)21-7-5-20(6-8-21)24-17-22-3-1-2-4-23(22)27-24/h1-8,18-19,26H,9-17H2. The number of piperidine rings is 2. The lowest BCUT2D eigenvalue weighted by Crippen LogP contribution is -2.42. The summed E-state index contributed by atoms with van der Waals surface area (Å²) < 4.78 is 0. The summed E-state index contributed by atoms with van der Waals surface area (Å²) in [6.07, 6.45) is 5.78. The molecule has 2 fully saturated rings. The summed E-state index contributed by atoms with van der Waals surface area (Å²) in [7, 11) is 0. The summed E-state index contributed by atoms with van der Waals surface area (Å²) in [5.41, 5.74) is 5.35. The van der Waals surface area contributed by atoms with Crippen molar-refractivity contribution in [1.82, 2.24) is 10.2 Å². The lowest BCUT2D eigenvalue weighted by molar-refractivity contribution is 0.0642. The molecule has 0 spiro atoms. The molecular weight excluding hydrogens is 358 g/mol. The van der Waals surface area contributed by atoms with Crippen molar-refractivity contribution in [3.8, 4) is 0 Å². The van der Waals surface area contributed by atoms with Gasteiger partial charge in [0.2, 0.25) is 0 Å². The monoisotopic (exact) mass is 387 g/mol. The molecule has 0 atom stereocenters. The zero-order valence-corrected chi connectivity index (χ0v) is 16.9. The Morgan fingerprint density at radius 3 is 2.31 bits per heavy atom. The summed E-state index contributed by atoms with van der Waals surface area (Å²) in [6.45, 7) is 4.12. The molecule has 0 aromatic heterocycles.